The summed E-state index contributed by atoms with van der Waals surface area (Å²) < 4.78 is 43.7. The molecule has 0 aromatic carbocycles. The molecule has 1 aromatic heterocycles. The van der Waals surface area contributed by atoms with E-state index in [1.807, 2.05) is 0 Å². The van der Waals surface area contributed by atoms with Crippen LogP contribution < -0.4 is 5.46 Å². The SMILES string of the molecule is F[B-](F)(F)c1cnn(CCN2CCOCC2)c1. The van der Waals surface area contributed by atoms with Gasteiger partial charge in [-0.25, -0.2) is 0 Å². The molecule has 1 aliphatic heterocycles. The summed E-state index contributed by atoms with van der Waals surface area (Å²) in [5.41, 5.74) is -0.632. The number of hydrogen-bond donors (Lipinski definition) is 0. The molecule has 0 amide bonds. The normalized spacial score (nSPS) is 18.5. The number of morpholine rings is 1. The zero-order valence-corrected chi connectivity index (χ0v) is 9.36. The van der Waals surface area contributed by atoms with Gasteiger partial charge in [-0.2, -0.15) is 5.10 Å². The molecule has 96 valence electrons. The van der Waals surface area contributed by atoms with Gasteiger partial charge in [-0.15, -0.1) is 0 Å². The van der Waals surface area contributed by atoms with Gasteiger partial charge in [-0.1, -0.05) is 5.46 Å². The van der Waals surface area contributed by atoms with E-state index in [4.69, 9.17) is 4.74 Å². The lowest BCUT2D eigenvalue weighted by molar-refractivity contribution is 0.0360. The maximum atomic E-state index is 12.4. The topological polar surface area (TPSA) is 30.3 Å². The highest BCUT2D eigenvalue weighted by molar-refractivity contribution is 6.73. The number of halogens is 3. The summed E-state index contributed by atoms with van der Waals surface area (Å²) in [6, 6.07) is 0. The van der Waals surface area contributed by atoms with Crippen molar-refractivity contribution in [2.24, 2.45) is 0 Å². The lowest BCUT2D eigenvalue weighted by Crippen LogP contribution is -2.38. The molecule has 0 aliphatic carbocycles. The predicted octanol–water partition coefficient (Wildman–Crippen LogP) is 0.270. The van der Waals surface area contributed by atoms with Gasteiger partial charge in [0.2, 0.25) is 0 Å². The number of ether oxygens (including phenoxy) is 1. The van der Waals surface area contributed by atoms with E-state index in [0.29, 0.717) is 26.3 Å². The van der Waals surface area contributed by atoms with E-state index < -0.39 is 12.4 Å². The Labute approximate surface area is 97.4 Å². The van der Waals surface area contributed by atoms with Crippen LogP contribution in [-0.4, -0.2) is 54.5 Å². The predicted molar refractivity (Wildman–Crippen MR) is 58.2 cm³/mol. The minimum Gasteiger partial charge on any atom is -0.445 e. The largest absolute Gasteiger partial charge is 0.512 e. The molecule has 0 spiro atoms. The lowest BCUT2D eigenvalue weighted by atomic mass is 9.83. The summed E-state index contributed by atoms with van der Waals surface area (Å²) in [6.45, 7) is -0.709. The molecule has 2 heterocycles. The summed E-state index contributed by atoms with van der Waals surface area (Å²) in [6.07, 6.45) is 1.96. The minimum absolute atomic E-state index is 0.478. The Morgan fingerprint density at radius 1 is 1.24 bits per heavy atom. The van der Waals surface area contributed by atoms with Crippen molar-refractivity contribution in [2.75, 3.05) is 32.8 Å². The molecule has 0 atom stereocenters. The first-order valence-corrected chi connectivity index (χ1v) is 5.58. The summed E-state index contributed by atoms with van der Waals surface area (Å²) in [7, 11) is 0. The molecule has 0 radical (unpaired) electrons. The third kappa shape index (κ3) is 3.47. The van der Waals surface area contributed by atoms with Crippen LogP contribution in [0.3, 0.4) is 0 Å². The highest BCUT2D eigenvalue weighted by atomic mass is 19.4. The summed E-state index contributed by atoms with van der Waals surface area (Å²) in [5.74, 6) is 0. The van der Waals surface area contributed by atoms with Crippen LogP contribution in [0.1, 0.15) is 0 Å². The van der Waals surface area contributed by atoms with E-state index in [1.54, 1.807) is 0 Å². The highest BCUT2D eigenvalue weighted by Crippen LogP contribution is 2.07. The third-order valence-corrected chi connectivity index (χ3v) is 2.78. The Morgan fingerprint density at radius 2 is 1.94 bits per heavy atom. The van der Waals surface area contributed by atoms with Crippen molar-refractivity contribution in [1.29, 1.82) is 0 Å². The summed E-state index contributed by atoms with van der Waals surface area (Å²) in [5, 5.41) is 3.72. The number of hydrogen-bond acceptors (Lipinski definition) is 3. The first kappa shape index (κ1) is 12.4. The highest BCUT2D eigenvalue weighted by Gasteiger charge is 2.27. The third-order valence-electron chi connectivity index (χ3n) is 2.78. The molecule has 0 saturated carbocycles. The fraction of sp³-hybridized carbons (Fsp3) is 0.667. The van der Waals surface area contributed by atoms with Crippen molar-refractivity contribution in [3.8, 4) is 0 Å². The van der Waals surface area contributed by atoms with Gasteiger partial charge in [-0.05, 0) is 6.20 Å². The van der Waals surface area contributed by atoms with E-state index in [0.717, 1.165) is 25.5 Å². The fourth-order valence-electron chi connectivity index (χ4n) is 1.74. The molecule has 0 bridgehead atoms. The summed E-state index contributed by atoms with van der Waals surface area (Å²) in [4.78, 5) is 2.16. The molecule has 1 fully saturated rings. The van der Waals surface area contributed by atoms with Crippen LogP contribution in [-0.2, 0) is 11.3 Å². The first-order chi connectivity index (χ1) is 8.05. The van der Waals surface area contributed by atoms with Crippen molar-refractivity contribution in [3.63, 3.8) is 0 Å². The standard InChI is InChI=1S/C9H14BF3N3O/c11-10(12,13)9-7-14-16(8-9)2-1-15-3-5-17-6-4-15/h7-8H,1-6H2/q-1. The zero-order valence-electron chi connectivity index (χ0n) is 9.36. The first-order valence-electron chi connectivity index (χ1n) is 5.58. The smallest absolute Gasteiger partial charge is 0.445 e. The fourth-order valence-corrected chi connectivity index (χ4v) is 1.74. The minimum atomic E-state index is -4.93. The Bertz CT molecular complexity index is 363. The van der Waals surface area contributed by atoms with Crippen molar-refractivity contribution in [2.45, 2.75) is 6.54 Å². The van der Waals surface area contributed by atoms with Gasteiger partial charge in [0, 0.05) is 25.8 Å². The molecule has 1 aliphatic rings. The second-order valence-electron chi connectivity index (χ2n) is 4.07. The van der Waals surface area contributed by atoms with E-state index in [1.165, 1.54) is 4.68 Å². The molecule has 1 aromatic rings. The average Bonchev–Trinajstić information content (AvgIpc) is 2.76. The Balaban J connectivity index is 1.84. The van der Waals surface area contributed by atoms with E-state index >= 15 is 0 Å². The quantitative estimate of drug-likeness (QED) is 0.716. The molecule has 0 unspecified atom stereocenters. The van der Waals surface area contributed by atoms with Crippen molar-refractivity contribution in [3.05, 3.63) is 12.4 Å². The number of aromatic nitrogens is 2. The molecule has 4 nitrogen and oxygen atoms in total. The zero-order chi connectivity index (χ0) is 12.3. The molecule has 17 heavy (non-hydrogen) atoms. The second-order valence-corrected chi connectivity index (χ2v) is 4.07. The molecule has 2 rings (SSSR count). The van der Waals surface area contributed by atoms with E-state index in [2.05, 4.69) is 10.00 Å². The number of rotatable bonds is 4. The Hall–Kier alpha value is -1.02. The van der Waals surface area contributed by atoms with Crippen LogP contribution in [0.15, 0.2) is 12.4 Å². The molecule has 1 saturated heterocycles. The van der Waals surface area contributed by atoms with Gasteiger partial charge < -0.3 is 17.7 Å². The van der Waals surface area contributed by atoms with Crippen LogP contribution in [0.4, 0.5) is 12.9 Å². The molecular weight excluding hydrogens is 234 g/mol. The van der Waals surface area contributed by atoms with Crippen molar-refractivity contribution >= 4 is 12.4 Å². The Morgan fingerprint density at radius 3 is 2.53 bits per heavy atom. The monoisotopic (exact) mass is 248 g/mol. The van der Waals surface area contributed by atoms with Crippen LogP contribution in [0.2, 0.25) is 0 Å². The van der Waals surface area contributed by atoms with E-state index in [-0.39, 0.29) is 0 Å². The maximum absolute atomic E-state index is 12.4. The van der Waals surface area contributed by atoms with Gasteiger partial charge in [0.05, 0.1) is 19.8 Å². The molecule has 8 heteroatoms. The van der Waals surface area contributed by atoms with Crippen LogP contribution in [0, 0.1) is 0 Å². The van der Waals surface area contributed by atoms with Gasteiger partial charge in [0.1, 0.15) is 0 Å². The molecular formula is C9H14BF3N3O-. The van der Waals surface area contributed by atoms with Gasteiger partial charge >= 0.3 is 6.98 Å². The van der Waals surface area contributed by atoms with Crippen LogP contribution in [0.5, 0.6) is 0 Å². The summed E-state index contributed by atoms with van der Waals surface area (Å²) >= 11 is 0. The van der Waals surface area contributed by atoms with Crippen molar-refractivity contribution in [1.82, 2.24) is 14.7 Å². The second kappa shape index (κ2) is 5.09. The Kier molecular flexibility index (Phi) is 3.73. The van der Waals surface area contributed by atoms with Gasteiger partial charge in [-0.3, -0.25) is 9.58 Å². The van der Waals surface area contributed by atoms with Crippen LogP contribution >= 0.6 is 0 Å². The molecule has 0 N–H and O–H groups in total. The van der Waals surface area contributed by atoms with E-state index in [9.17, 15) is 12.9 Å². The van der Waals surface area contributed by atoms with Gasteiger partial charge in [0.25, 0.3) is 0 Å². The number of nitrogens with zero attached hydrogens (tertiary/aromatic N) is 3. The lowest BCUT2D eigenvalue weighted by Gasteiger charge is -2.26. The van der Waals surface area contributed by atoms with Gasteiger partial charge in [0.15, 0.2) is 0 Å². The maximum Gasteiger partial charge on any atom is 0.512 e. The van der Waals surface area contributed by atoms with Crippen molar-refractivity contribution < 1.29 is 17.7 Å². The van der Waals surface area contributed by atoms with Crippen LogP contribution in [0.25, 0.3) is 0 Å². The average molecular weight is 248 g/mol.